The van der Waals surface area contributed by atoms with Gasteiger partial charge in [0.2, 0.25) is 0 Å². The van der Waals surface area contributed by atoms with E-state index < -0.39 is 0 Å². The zero-order valence-corrected chi connectivity index (χ0v) is 11.2. The summed E-state index contributed by atoms with van der Waals surface area (Å²) in [6, 6.07) is 0. The van der Waals surface area contributed by atoms with E-state index in [1.807, 2.05) is 0 Å². The van der Waals surface area contributed by atoms with E-state index in [1.54, 1.807) is 0 Å². The van der Waals surface area contributed by atoms with Crippen molar-refractivity contribution in [1.82, 2.24) is 0 Å². The molecule has 0 aliphatic rings. The molecule has 0 aromatic rings. The van der Waals surface area contributed by atoms with Crippen LogP contribution in [0.3, 0.4) is 0 Å². The highest BCUT2D eigenvalue weighted by molar-refractivity contribution is 4.92. The van der Waals surface area contributed by atoms with E-state index in [2.05, 4.69) is 40.7 Å². The lowest BCUT2D eigenvalue weighted by Crippen LogP contribution is -2.06. The lowest BCUT2D eigenvalue weighted by Gasteiger charge is -2.11. The average Bonchev–Trinajstić information content (AvgIpc) is 2.11. The Hall–Kier alpha value is -0.300. The van der Waals surface area contributed by atoms with Gasteiger partial charge in [-0.3, -0.25) is 0 Å². The molecule has 0 amide bonds. The van der Waals surface area contributed by atoms with Gasteiger partial charge in [0.1, 0.15) is 0 Å². The monoisotopic (exact) mass is 212 g/mol. The SMILES string of the molecule is CC(C)=CCC[C@H](C)CCOCC(C)C. The zero-order valence-electron chi connectivity index (χ0n) is 11.2. The molecule has 0 unspecified atom stereocenters. The Labute approximate surface area is 95.9 Å². The largest absolute Gasteiger partial charge is 0.381 e. The topological polar surface area (TPSA) is 9.23 Å². The van der Waals surface area contributed by atoms with Crippen LogP contribution in [0.1, 0.15) is 53.9 Å². The molecule has 0 aromatic carbocycles. The molecule has 0 N–H and O–H groups in total. The number of allylic oxidation sites excluding steroid dienone is 2. The highest BCUT2D eigenvalue weighted by Crippen LogP contribution is 2.12. The minimum absolute atomic E-state index is 0.658. The fourth-order valence-corrected chi connectivity index (χ4v) is 1.40. The van der Waals surface area contributed by atoms with Crippen LogP contribution >= 0.6 is 0 Å². The normalized spacial score (nSPS) is 12.9. The predicted octanol–water partition coefficient (Wildman–Crippen LogP) is 4.43. The number of hydrogen-bond donors (Lipinski definition) is 0. The first kappa shape index (κ1) is 14.7. The Kier molecular flexibility index (Phi) is 8.79. The molecule has 0 spiro atoms. The van der Waals surface area contributed by atoms with Crippen molar-refractivity contribution in [2.75, 3.05) is 13.2 Å². The summed E-state index contributed by atoms with van der Waals surface area (Å²) in [5.74, 6) is 1.44. The van der Waals surface area contributed by atoms with Crippen molar-refractivity contribution in [3.05, 3.63) is 11.6 Å². The van der Waals surface area contributed by atoms with Crippen molar-refractivity contribution in [3.8, 4) is 0 Å². The van der Waals surface area contributed by atoms with E-state index in [9.17, 15) is 0 Å². The molecule has 1 nitrogen and oxygen atoms in total. The second-order valence-corrected chi connectivity index (χ2v) is 5.22. The summed E-state index contributed by atoms with van der Waals surface area (Å²) in [5.41, 5.74) is 1.43. The van der Waals surface area contributed by atoms with Crippen LogP contribution in [0.2, 0.25) is 0 Å². The molecule has 0 aliphatic heterocycles. The Bertz CT molecular complexity index is 166. The van der Waals surface area contributed by atoms with E-state index in [0.717, 1.165) is 19.1 Å². The number of ether oxygens (including phenoxy) is 1. The molecule has 0 bridgehead atoms. The van der Waals surface area contributed by atoms with Crippen LogP contribution in [-0.4, -0.2) is 13.2 Å². The molecule has 0 fully saturated rings. The highest BCUT2D eigenvalue weighted by atomic mass is 16.5. The van der Waals surface area contributed by atoms with Crippen LogP contribution in [0.15, 0.2) is 11.6 Å². The molecule has 0 rings (SSSR count). The van der Waals surface area contributed by atoms with E-state index in [-0.39, 0.29) is 0 Å². The van der Waals surface area contributed by atoms with Crippen molar-refractivity contribution < 1.29 is 4.74 Å². The van der Waals surface area contributed by atoms with Gasteiger partial charge in [0, 0.05) is 13.2 Å². The smallest absolute Gasteiger partial charge is 0.0488 e. The Morgan fingerprint density at radius 3 is 2.33 bits per heavy atom. The Morgan fingerprint density at radius 1 is 1.13 bits per heavy atom. The molecule has 0 aliphatic carbocycles. The molecule has 0 radical (unpaired) electrons. The fourth-order valence-electron chi connectivity index (χ4n) is 1.40. The van der Waals surface area contributed by atoms with Crippen molar-refractivity contribution in [2.24, 2.45) is 11.8 Å². The third-order valence-electron chi connectivity index (χ3n) is 2.42. The Balaban J connectivity index is 3.33. The molecule has 0 saturated carbocycles. The maximum absolute atomic E-state index is 5.58. The zero-order chi connectivity index (χ0) is 11.7. The molecular formula is C14H28O. The standard InChI is InChI=1S/C14H28O/c1-12(2)7-6-8-14(5)9-10-15-11-13(3)4/h7,13-14H,6,8-11H2,1-5H3/t14-/m0/s1. The average molecular weight is 212 g/mol. The summed E-state index contributed by atoms with van der Waals surface area (Å²) < 4.78 is 5.58. The third kappa shape index (κ3) is 11.6. The van der Waals surface area contributed by atoms with Crippen LogP contribution in [-0.2, 0) is 4.74 Å². The van der Waals surface area contributed by atoms with Crippen LogP contribution in [0, 0.1) is 11.8 Å². The van der Waals surface area contributed by atoms with E-state index in [0.29, 0.717) is 5.92 Å². The molecular weight excluding hydrogens is 184 g/mol. The minimum Gasteiger partial charge on any atom is -0.381 e. The maximum atomic E-state index is 5.58. The summed E-state index contributed by atoms with van der Waals surface area (Å²) in [4.78, 5) is 0. The summed E-state index contributed by atoms with van der Waals surface area (Å²) in [6.07, 6.45) is 6.03. The van der Waals surface area contributed by atoms with Crippen LogP contribution in [0.5, 0.6) is 0 Å². The summed E-state index contributed by atoms with van der Waals surface area (Å²) >= 11 is 0. The summed E-state index contributed by atoms with van der Waals surface area (Å²) in [7, 11) is 0. The first-order valence-corrected chi connectivity index (χ1v) is 6.23. The highest BCUT2D eigenvalue weighted by Gasteiger charge is 2.01. The Morgan fingerprint density at radius 2 is 1.80 bits per heavy atom. The van der Waals surface area contributed by atoms with E-state index in [4.69, 9.17) is 4.74 Å². The van der Waals surface area contributed by atoms with Gasteiger partial charge >= 0.3 is 0 Å². The van der Waals surface area contributed by atoms with Gasteiger partial charge in [0.25, 0.3) is 0 Å². The predicted molar refractivity (Wildman–Crippen MR) is 68.1 cm³/mol. The van der Waals surface area contributed by atoms with Gasteiger partial charge < -0.3 is 4.74 Å². The van der Waals surface area contributed by atoms with Gasteiger partial charge in [-0.15, -0.1) is 0 Å². The second-order valence-electron chi connectivity index (χ2n) is 5.22. The van der Waals surface area contributed by atoms with Crippen LogP contribution in [0.25, 0.3) is 0 Å². The number of rotatable bonds is 8. The summed E-state index contributed by atoms with van der Waals surface area (Å²) in [5, 5.41) is 0. The quantitative estimate of drug-likeness (QED) is 0.427. The van der Waals surface area contributed by atoms with Crippen molar-refractivity contribution >= 4 is 0 Å². The third-order valence-corrected chi connectivity index (χ3v) is 2.42. The van der Waals surface area contributed by atoms with Gasteiger partial charge in [0.15, 0.2) is 0 Å². The molecule has 1 heteroatoms. The molecule has 90 valence electrons. The van der Waals surface area contributed by atoms with Gasteiger partial charge in [-0.25, -0.2) is 0 Å². The van der Waals surface area contributed by atoms with Crippen LogP contribution in [0.4, 0.5) is 0 Å². The molecule has 15 heavy (non-hydrogen) atoms. The lowest BCUT2D eigenvalue weighted by atomic mass is 10.0. The lowest BCUT2D eigenvalue weighted by molar-refractivity contribution is 0.0986. The molecule has 0 heterocycles. The van der Waals surface area contributed by atoms with Crippen molar-refractivity contribution in [3.63, 3.8) is 0 Å². The summed E-state index contributed by atoms with van der Waals surface area (Å²) in [6.45, 7) is 12.9. The first-order chi connectivity index (χ1) is 7.02. The van der Waals surface area contributed by atoms with E-state index in [1.165, 1.54) is 24.8 Å². The molecule has 0 aromatic heterocycles. The number of hydrogen-bond acceptors (Lipinski definition) is 1. The molecule has 0 saturated heterocycles. The molecule has 1 atom stereocenters. The minimum atomic E-state index is 0.658. The van der Waals surface area contributed by atoms with E-state index >= 15 is 0 Å². The van der Waals surface area contributed by atoms with Crippen molar-refractivity contribution in [1.29, 1.82) is 0 Å². The van der Waals surface area contributed by atoms with Gasteiger partial charge in [-0.1, -0.05) is 32.4 Å². The maximum Gasteiger partial charge on any atom is 0.0488 e. The fraction of sp³-hybridized carbons (Fsp3) is 0.857. The van der Waals surface area contributed by atoms with Crippen molar-refractivity contribution in [2.45, 2.75) is 53.9 Å². The van der Waals surface area contributed by atoms with Gasteiger partial charge in [-0.2, -0.15) is 0 Å². The first-order valence-electron chi connectivity index (χ1n) is 6.23. The van der Waals surface area contributed by atoms with Gasteiger partial charge in [-0.05, 0) is 44.9 Å². The second kappa shape index (κ2) is 8.96. The van der Waals surface area contributed by atoms with Crippen LogP contribution < -0.4 is 0 Å². The van der Waals surface area contributed by atoms with Gasteiger partial charge in [0.05, 0.1) is 0 Å².